The second kappa shape index (κ2) is 10.8. The van der Waals surface area contributed by atoms with Crippen LogP contribution in [0.15, 0.2) is 84.9 Å². The molecule has 3 aromatic carbocycles. The first-order valence-electron chi connectivity index (χ1n) is 11.0. The molecule has 0 fully saturated rings. The molecule has 0 spiro atoms. The molecule has 172 valence electrons. The van der Waals surface area contributed by atoms with Crippen molar-refractivity contribution in [3.63, 3.8) is 0 Å². The number of anilines is 1. The van der Waals surface area contributed by atoms with Gasteiger partial charge in [-0.2, -0.15) is 5.10 Å². The lowest BCUT2D eigenvalue weighted by molar-refractivity contribution is 0.0955. The van der Waals surface area contributed by atoms with Crippen molar-refractivity contribution in [2.45, 2.75) is 19.9 Å². The molecule has 4 aromatic rings. The van der Waals surface area contributed by atoms with Crippen LogP contribution in [-0.4, -0.2) is 28.1 Å². The number of aryl methyl sites for hydroxylation is 1. The SMILES string of the molecule is Cc1nn(Cc2ccccc2)c(Cl)c1C(=O)Nc1ccccc1C(=O)NCCc1ccccc1. The molecule has 4 rings (SSSR count). The molecule has 2 amide bonds. The van der Waals surface area contributed by atoms with Crippen LogP contribution in [-0.2, 0) is 13.0 Å². The summed E-state index contributed by atoms with van der Waals surface area (Å²) in [4.78, 5) is 25.9. The Hall–Kier alpha value is -3.90. The summed E-state index contributed by atoms with van der Waals surface area (Å²) >= 11 is 6.53. The highest BCUT2D eigenvalue weighted by atomic mass is 35.5. The van der Waals surface area contributed by atoms with Gasteiger partial charge in [0.05, 0.1) is 29.1 Å². The standard InChI is InChI=1S/C27H25ClN4O2/c1-19-24(25(28)32(31-19)18-21-12-6-3-7-13-21)27(34)30-23-15-9-8-14-22(23)26(33)29-17-16-20-10-4-2-5-11-20/h2-15H,16-18H2,1H3,(H,29,33)(H,30,34). The molecule has 6 nitrogen and oxygen atoms in total. The molecular formula is C27H25ClN4O2. The minimum absolute atomic E-state index is 0.253. The van der Waals surface area contributed by atoms with Gasteiger partial charge < -0.3 is 10.6 Å². The maximum atomic E-state index is 13.1. The lowest BCUT2D eigenvalue weighted by atomic mass is 10.1. The minimum atomic E-state index is -0.411. The zero-order valence-electron chi connectivity index (χ0n) is 18.8. The Morgan fingerprint density at radius 1 is 0.853 bits per heavy atom. The van der Waals surface area contributed by atoms with Crippen molar-refractivity contribution in [3.05, 3.63) is 118 Å². The van der Waals surface area contributed by atoms with Crippen LogP contribution in [0, 0.1) is 6.92 Å². The predicted octanol–water partition coefficient (Wildman–Crippen LogP) is 5.12. The topological polar surface area (TPSA) is 76.0 Å². The highest BCUT2D eigenvalue weighted by Gasteiger charge is 2.22. The number of aromatic nitrogens is 2. The predicted molar refractivity (Wildman–Crippen MR) is 134 cm³/mol. The monoisotopic (exact) mass is 472 g/mol. The number of carbonyl (C=O) groups is 2. The molecule has 2 N–H and O–H groups in total. The molecule has 0 bridgehead atoms. The van der Waals surface area contributed by atoms with Crippen molar-refractivity contribution in [2.75, 3.05) is 11.9 Å². The van der Waals surface area contributed by atoms with Crippen LogP contribution in [0.5, 0.6) is 0 Å². The van der Waals surface area contributed by atoms with Crippen molar-refractivity contribution < 1.29 is 9.59 Å². The number of amides is 2. The number of carbonyl (C=O) groups excluding carboxylic acids is 2. The molecule has 0 aliphatic rings. The van der Waals surface area contributed by atoms with Gasteiger partial charge in [0.1, 0.15) is 5.15 Å². The van der Waals surface area contributed by atoms with Gasteiger partial charge in [-0.25, -0.2) is 4.68 Å². The third-order valence-electron chi connectivity index (χ3n) is 5.43. The molecule has 34 heavy (non-hydrogen) atoms. The van der Waals surface area contributed by atoms with Crippen LogP contribution < -0.4 is 10.6 Å². The van der Waals surface area contributed by atoms with Gasteiger partial charge in [-0.05, 0) is 36.6 Å². The zero-order valence-corrected chi connectivity index (χ0v) is 19.5. The number of nitrogens with zero attached hydrogens (tertiary/aromatic N) is 2. The quantitative estimate of drug-likeness (QED) is 0.374. The molecule has 0 radical (unpaired) electrons. The zero-order chi connectivity index (χ0) is 23.9. The number of hydrogen-bond donors (Lipinski definition) is 2. The van der Waals surface area contributed by atoms with E-state index in [0.717, 1.165) is 17.5 Å². The lowest BCUT2D eigenvalue weighted by Gasteiger charge is -2.12. The van der Waals surface area contributed by atoms with Gasteiger partial charge in [-0.1, -0.05) is 84.4 Å². The van der Waals surface area contributed by atoms with E-state index in [4.69, 9.17) is 11.6 Å². The number of nitrogens with one attached hydrogen (secondary N) is 2. The first kappa shape index (κ1) is 23.3. The molecule has 0 atom stereocenters. The third kappa shape index (κ3) is 5.53. The van der Waals surface area contributed by atoms with Crippen molar-refractivity contribution >= 4 is 29.1 Å². The number of para-hydroxylation sites is 1. The van der Waals surface area contributed by atoms with Gasteiger partial charge in [0, 0.05) is 6.54 Å². The van der Waals surface area contributed by atoms with E-state index in [0.29, 0.717) is 30.0 Å². The van der Waals surface area contributed by atoms with E-state index < -0.39 is 5.91 Å². The Bertz CT molecular complexity index is 1290. The number of benzene rings is 3. The van der Waals surface area contributed by atoms with Gasteiger partial charge in [0.2, 0.25) is 0 Å². The first-order chi connectivity index (χ1) is 16.5. The summed E-state index contributed by atoms with van der Waals surface area (Å²) in [6, 6.07) is 26.6. The Balaban J connectivity index is 1.46. The van der Waals surface area contributed by atoms with Crippen LogP contribution >= 0.6 is 11.6 Å². The van der Waals surface area contributed by atoms with Crippen LogP contribution in [0.4, 0.5) is 5.69 Å². The molecule has 0 aliphatic carbocycles. The van der Waals surface area contributed by atoms with E-state index in [1.807, 2.05) is 60.7 Å². The van der Waals surface area contributed by atoms with Gasteiger partial charge in [-0.3, -0.25) is 9.59 Å². The fourth-order valence-corrected chi connectivity index (χ4v) is 4.03. The molecular weight excluding hydrogens is 448 g/mol. The summed E-state index contributed by atoms with van der Waals surface area (Å²) in [7, 11) is 0. The summed E-state index contributed by atoms with van der Waals surface area (Å²) in [6.45, 7) is 2.68. The normalized spacial score (nSPS) is 10.6. The molecule has 1 aromatic heterocycles. The Labute approximate surface area is 203 Å². The summed E-state index contributed by atoms with van der Waals surface area (Å²) in [5, 5.41) is 10.5. The molecule has 0 unspecified atom stereocenters. The maximum absolute atomic E-state index is 13.1. The van der Waals surface area contributed by atoms with Gasteiger partial charge in [0.15, 0.2) is 0 Å². The molecule has 7 heteroatoms. The van der Waals surface area contributed by atoms with E-state index in [2.05, 4.69) is 15.7 Å². The van der Waals surface area contributed by atoms with Gasteiger partial charge in [0.25, 0.3) is 11.8 Å². The summed E-state index contributed by atoms with van der Waals surface area (Å²) < 4.78 is 1.60. The fourth-order valence-electron chi connectivity index (χ4n) is 3.71. The van der Waals surface area contributed by atoms with Crippen molar-refractivity contribution in [1.29, 1.82) is 0 Å². The van der Waals surface area contributed by atoms with E-state index >= 15 is 0 Å². The van der Waals surface area contributed by atoms with Gasteiger partial charge in [-0.15, -0.1) is 0 Å². The Morgan fingerprint density at radius 3 is 2.18 bits per heavy atom. The lowest BCUT2D eigenvalue weighted by Crippen LogP contribution is -2.27. The van der Waals surface area contributed by atoms with E-state index in [-0.39, 0.29) is 16.6 Å². The highest BCUT2D eigenvalue weighted by molar-refractivity contribution is 6.33. The number of halogens is 1. The molecule has 0 saturated heterocycles. The van der Waals surface area contributed by atoms with E-state index in [1.54, 1.807) is 35.9 Å². The fraction of sp³-hybridized carbons (Fsp3) is 0.148. The smallest absolute Gasteiger partial charge is 0.260 e. The first-order valence-corrected chi connectivity index (χ1v) is 11.4. The average Bonchev–Trinajstić information content (AvgIpc) is 3.13. The van der Waals surface area contributed by atoms with Gasteiger partial charge >= 0.3 is 0 Å². The minimum Gasteiger partial charge on any atom is -0.352 e. The van der Waals surface area contributed by atoms with Crippen LogP contribution in [0.25, 0.3) is 0 Å². The van der Waals surface area contributed by atoms with Crippen LogP contribution in [0.3, 0.4) is 0 Å². The summed E-state index contributed by atoms with van der Waals surface area (Å²) in [5.41, 5.74) is 3.77. The number of hydrogen-bond acceptors (Lipinski definition) is 3. The summed E-state index contributed by atoms with van der Waals surface area (Å²) in [5.74, 6) is -0.666. The van der Waals surface area contributed by atoms with Crippen molar-refractivity contribution in [3.8, 4) is 0 Å². The molecule has 0 aliphatic heterocycles. The largest absolute Gasteiger partial charge is 0.352 e. The van der Waals surface area contributed by atoms with Crippen molar-refractivity contribution in [2.24, 2.45) is 0 Å². The van der Waals surface area contributed by atoms with Crippen molar-refractivity contribution in [1.82, 2.24) is 15.1 Å². The number of rotatable bonds is 8. The summed E-state index contributed by atoms with van der Waals surface area (Å²) in [6.07, 6.45) is 0.719. The second-order valence-corrected chi connectivity index (χ2v) is 8.24. The third-order valence-corrected chi connectivity index (χ3v) is 5.81. The Kier molecular flexibility index (Phi) is 7.40. The average molecular weight is 473 g/mol. The second-order valence-electron chi connectivity index (χ2n) is 7.89. The maximum Gasteiger partial charge on any atom is 0.260 e. The van der Waals surface area contributed by atoms with Crippen LogP contribution in [0.2, 0.25) is 5.15 Å². The van der Waals surface area contributed by atoms with E-state index in [9.17, 15) is 9.59 Å². The molecule has 1 heterocycles. The molecule has 0 saturated carbocycles. The highest BCUT2D eigenvalue weighted by Crippen LogP contribution is 2.23. The van der Waals surface area contributed by atoms with Crippen LogP contribution in [0.1, 0.15) is 37.5 Å². The van der Waals surface area contributed by atoms with E-state index in [1.165, 1.54) is 0 Å². The Morgan fingerprint density at radius 2 is 1.47 bits per heavy atom.